The number of carbonyl (C=O) groups is 1. The summed E-state index contributed by atoms with van der Waals surface area (Å²) in [5, 5.41) is 4.79. The number of nitrogens with zero attached hydrogens (tertiary/aromatic N) is 3. The van der Waals surface area contributed by atoms with Crippen molar-refractivity contribution in [3.05, 3.63) is 54.1 Å². The average Bonchev–Trinajstić information content (AvgIpc) is 3.09. The molecule has 1 aliphatic rings. The van der Waals surface area contributed by atoms with Crippen molar-refractivity contribution in [3.8, 4) is 11.6 Å². The molecule has 1 saturated heterocycles. The van der Waals surface area contributed by atoms with Gasteiger partial charge in [0.15, 0.2) is 0 Å². The van der Waals surface area contributed by atoms with E-state index >= 15 is 0 Å². The van der Waals surface area contributed by atoms with E-state index in [0.717, 1.165) is 0 Å². The third-order valence-electron chi connectivity index (χ3n) is 4.89. The maximum atomic E-state index is 14.4. The average molecular weight is 445 g/mol. The molecule has 3 aromatic rings. The first-order chi connectivity index (χ1) is 15.2. The van der Waals surface area contributed by atoms with Gasteiger partial charge in [0, 0.05) is 6.54 Å². The van der Waals surface area contributed by atoms with Crippen molar-refractivity contribution in [3.63, 3.8) is 0 Å². The zero-order valence-corrected chi connectivity index (χ0v) is 18.2. The van der Waals surface area contributed by atoms with Gasteiger partial charge in [-0.25, -0.2) is 18.3 Å². The number of para-hydroxylation sites is 1. The molecule has 0 radical (unpaired) electrons. The minimum Gasteiger partial charge on any atom is -0.473 e. The highest BCUT2D eigenvalue weighted by Gasteiger charge is 2.29. The Labute approximate surface area is 184 Å². The first-order valence-electron chi connectivity index (χ1n) is 10.4. The van der Waals surface area contributed by atoms with E-state index in [4.69, 9.17) is 14.2 Å². The van der Waals surface area contributed by atoms with Crippen LogP contribution in [-0.2, 0) is 9.47 Å². The van der Waals surface area contributed by atoms with Crippen LogP contribution in [0.4, 0.5) is 13.6 Å². The molecule has 7 nitrogen and oxygen atoms in total. The largest absolute Gasteiger partial charge is 0.473 e. The van der Waals surface area contributed by atoms with Crippen molar-refractivity contribution in [1.82, 2.24) is 14.7 Å². The van der Waals surface area contributed by atoms with Crippen LogP contribution in [0.5, 0.6) is 5.88 Å². The van der Waals surface area contributed by atoms with Gasteiger partial charge in [-0.15, -0.1) is 5.10 Å². The fourth-order valence-corrected chi connectivity index (χ4v) is 3.46. The summed E-state index contributed by atoms with van der Waals surface area (Å²) in [6, 6.07) is 10.3. The Morgan fingerprint density at radius 2 is 2.00 bits per heavy atom. The number of aromatic nitrogens is 2. The van der Waals surface area contributed by atoms with Crippen LogP contribution >= 0.6 is 0 Å². The SMILES string of the molecule is CC(C)(C)OC(=O)N1CCO[C@H](COc2nn(-c3ccccc3F)c3ccc(F)cc23)C1. The Bertz CT molecular complexity index is 1130. The van der Waals surface area contributed by atoms with Crippen LogP contribution in [0.1, 0.15) is 20.8 Å². The van der Waals surface area contributed by atoms with E-state index in [2.05, 4.69) is 5.10 Å². The molecule has 0 unspecified atom stereocenters. The standard InChI is InChI=1S/C23H25F2N3O4/c1-23(2,3)32-22(29)27-10-11-30-16(13-27)14-31-21-17-12-15(24)8-9-19(17)28(26-21)20-7-5-4-6-18(20)25/h4-9,12,16H,10-11,13-14H2,1-3H3/t16-/m0/s1. The number of fused-ring (bicyclic) bond motifs is 1. The lowest BCUT2D eigenvalue weighted by molar-refractivity contribution is -0.0560. The minimum atomic E-state index is -0.593. The zero-order chi connectivity index (χ0) is 22.9. The summed E-state index contributed by atoms with van der Waals surface area (Å²) >= 11 is 0. The number of hydrogen-bond donors (Lipinski definition) is 0. The van der Waals surface area contributed by atoms with E-state index in [1.807, 2.05) is 20.8 Å². The summed E-state index contributed by atoms with van der Waals surface area (Å²) in [6.45, 7) is 6.55. The van der Waals surface area contributed by atoms with E-state index in [-0.39, 0.29) is 24.7 Å². The van der Waals surface area contributed by atoms with Crippen LogP contribution in [0, 0.1) is 11.6 Å². The van der Waals surface area contributed by atoms with Crippen LogP contribution < -0.4 is 4.74 Å². The van der Waals surface area contributed by atoms with Crippen molar-refractivity contribution < 1.29 is 27.8 Å². The maximum Gasteiger partial charge on any atom is 0.410 e. The van der Waals surface area contributed by atoms with Gasteiger partial charge in [0.05, 0.1) is 24.1 Å². The number of rotatable bonds is 4. The molecular formula is C23H25F2N3O4. The fourth-order valence-electron chi connectivity index (χ4n) is 3.46. The highest BCUT2D eigenvalue weighted by Crippen LogP contribution is 2.29. The second-order valence-electron chi connectivity index (χ2n) is 8.56. The highest BCUT2D eigenvalue weighted by atomic mass is 19.1. The molecule has 0 spiro atoms. The monoisotopic (exact) mass is 445 g/mol. The highest BCUT2D eigenvalue weighted by molar-refractivity contribution is 5.86. The Morgan fingerprint density at radius 1 is 1.22 bits per heavy atom. The first-order valence-corrected chi connectivity index (χ1v) is 10.4. The molecule has 1 atom stereocenters. The number of hydrogen-bond acceptors (Lipinski definition) is 5. The lowest BCUT2D eigenvalue weighted by Gasteiger charge is -2.33. The van der Waals surface area contributed by atoms with E-state index in [0.29, 0.717) is 24.1 Å². The molecule has 1 amide bonds. The van der Waals surface area contributed by atoms with Gasteiger partial charge in [-0.05, 0) is 51.1 Å². The predicted octanol–water partition coefficient (Wildman–Crippen LogP) is 4.32. The lowest BCUT2D eigenvalue weighted by atomic mass is 10.2. The molecule has 170 valence electrons. The molecule has 1 aromatic heterocycles. The summed E-state index contributed by atoms with van der Waals surface area (Å²) in [4.78, 5) is 13.9. The second-order valence-corrected chi connectivity index (χ2v) is 8.56. The Kier molecular flexibility index (Phi) is 6.01. The summed E-state index contributed by atoms with van der Waals surface area (Å²) in [6.07, 6.45) is -0.833. The molecular weight excluding hydrogens is 420 g/mol. The molecule has 0 N–H and O–H groups in total. The van der Waals surface area contributed by atoms with Crippen molar-refractivity contribution in [1.29, 1.82) is 0 Å². The zero-order valence-electron chi connectivity index (χ0n) is 18.2. The summed E-state index contributed by atoms with van der Waals surface area (Å²) in [5.74, 6) is -0.766. The molecule has 0 saturated carbocycles. The predicted molar refractivity (Wildman–Crippen MR) is 114 cm³/mol. The molecule has 2 aromatic carbocycles. The fraction of sp³-hybridized carbons (Fsp3) is 0.391. The first kappa shape index (κ1) is 22.0. The molecule has 2 heterocycles. The van der Waals surface area contributed by atoms with Crippen molar-refractivity contribution in [2.75, 3.05) is 26.3 Å². The minimum absolute atomic E-state index is 0.0825. The van der Waals surface area contributed by atoms with Crippen LogP contribution in [0.25, 0.3) is 16.6 Å². The molecule has 1 aliphatic heterocycles. The number of ether oxygens (including phenoxy) is 3. The molecule has 1 fully saturated rings. The Balaban J connectivity index is 1.53. The van der Waals surface area contributed by atoms with Gasteiger partial charge in [-0.1, -0.05) is 12.1 Å². The third-order valence-corrected chi connectivity index (χ3v) is 4.89. The third kappa shape index (κ3) is 4.83. The number of benzene rings is 2. The van der Waals surface area contributed by atoms with Crippen molar-refractivity contribution >= 4 is 17.0 Å². The van der Waals surface area contributed by atoms with Gasteiger partial charge in [0.2, 0.25) is 5.88 Å². The van der Waals surface area contributed by atoms with E-state index in [1.54, 1.807) is 23.1 Å². The van der Waals surface area contributed by atoms with Gasteiger partial charge < -0.3 is 19.1 Å². The molecule has 0 aliphatic carbocycles. The van der Waals surface area contributed by atoms with Crippen LogP contribution in [0.3, 0.4) is 0 Å². The normalized spacial score (nSPS) is 16.9. The lowest BCUT2D eigenvalue weighted by Crippen LogP contribution is -2.49. The van der Waals surface area contributed by atoms with Crippen LogP contribution in [0.2, 0.25) is 0 Å². The molecule has 4 rings (SSSR count). The topological polar surface area (TPSA) is 65.8 Å². The van der Waals surface area contributed by atoms with E-state index < -0.39 is 29.4 Å². The van der Waals surface area contributed by atoms with Gasteiger partial charge >= 0.3 is 6.09 Å². The van der Waals surface area contributed by atoms with Crippen molar-refractivity contribution in [2.45, 2.75) is 32.5 Å². The molecule has 32 heavy (non-hydrogen) atoms. The number of halogens is 2. The summed E-state index contributed by atoms with van der Waals surface area (Å²) in [5.41, 5.74) is 0.139. The number of amides is 1. The van der Waals surface area contributed by atoms with Crippen molar-refractivity contribution in [2.24, 2.45) is 0 Å². The van der Waals surface area contributed by atoms with Crippen LogP contribution in [0.15, 0.2) is 42.5 Å². The molecule has 9 heteroatoms. The summed E-state index contributed by atoms with van der Waals surface area (Å²) < 4.78 is 46.7. The van der Waals surface area contributed by atoms with Crippen LogP contribution in [-0.4, -0.2) is 58.8 Å². The Morgan fingerprint density at radius 3 is 2.75 bits per heavy atom. The Hall–Kier alpha value is -3.20. The number of morpholine rings is 1. The van der Waals surface area contributed by atoms with Gasteiger partial charge in [0.1, 0.15) is 35.6 Å². The number of carbonyl (C=O) groups excluding carboxylic acids is 1. The second kappa shape index (κ2) is 8.74. The van der Waals surface area contributed by atoms with Gasteiger partial charge in [-0.3, -0.25) is 0 Å². The summed E-state index contributed by atoms with van der Waals surface area (Å²) in [7, 11) is 0. The molecule has 0 bridgehead atoms. The van der Waals surface area contributed by atoms with E-state index in [9.17, 15) is 13.6 Å². The van der Waals surface area contributed by atoms with E-state index in [1.165, 1.54) is 28.9 Å². The maximum absolute atomic E-state index is 14.4. The quantitative estimate of drug-likeness (QED) is 0.599. The van der Waals surface area contributed by atoms with Gasteiger partial charge in [0.25, 0.3) is 0 Å². The smallest absolute Gasteiger partial charge is 0.410 e. The van der Waals surface area contributed by atoms with Gasteiger partial charge in [-0.2, -0.15) is 0 Å².